The molecule has 3 aliphatic heterocycles. The second-order valence-electron chi connectivity index (χ2n) is 6.58. The number of carbonyl (C=O) groups is 2. The lowest BCUT2D eigenvalue weighted by atomic mass is 9.78. The molecule has 2 amide bonds. The molecule has 0 aromatic rings. The highest BCUT2D eigenvalue weighted by Crippen LogP contribution is 2.36. The third kappa shape index (κ3) is 2.82. The van der Waals surface area contributed by atoms with Crippen LogP contribution in [-0.4, -0.2) is 60.9 Å². The van der Waals surface area contributed by atoms with Crippen LogP contribution in [0.4, 0.5) is 0 Å². The average molecular weight is 279 g/mol. The van der Waals surface area contributed by atoms with Gasteiger partial charge in [0.2, 0.25) is 11.8 Å². The molecule has 1 spiro atoms. The van der Waals surface area contributed by atoms with Gasteiger partial charge in [-0.15, -0.1) is 0 Å². The molecule has 0 bridgehead atoms. The summed E-state index contributed by atoms with van der Waals surface area (Å²) in [5.41, 5.74) is 0.442. The minimum Gasteiger partial charge on any atom is -0.341 e. The molecule has 3 heterocycles. The van der Waals surface area contributed by atoms with Crippen LogP contribution in [0.1, 0.15) is 38.5 Å². The quantitative estimate of drug-likeness (QED) is 0.805. The average Bonchev–Trinajstić information content (AvgIpc) is 2.90. The van der Waals surface area contributed by atoms with E-state index in [1.807, 2.05) is 4.90 Å². The lowest BCUT2D eigenvalue weighted by Gasteiger charge is -2.39. The molecule has 5 heteroatoms. The van der Waals surface area contributed by atoms with E-state index in [-0.39, 0.29) is 11.8 Å². The summed E-state index contributed by atoms with van der Waals surface area (Å²) >= 11 is 0. The predicted molar refractivity (Wildman–Crippen MR) is 76.2 cm³/mol. The summed E-state index contributed by atoms with van der Waals surface area (Å²) in [6.07, 6.45) is 6.09. The van der Waals surface area contributed by atoms with E-state index in [1.54, 1.807) is 4.90 Å². The van der Waals surface area contributed by atoms with Crippen LogP contribution in [0.5, 0.6) is 0 Å². The zero-order chi connectivity index (χ0) is 14.0. The van der Waals surface area contributed by atoms with Gasteiger partial charge in [0.05, 0.1) is 6.54 Å². The molecule has 0 aromatic carbocycles. The van der Waals surface area contributed by atoms with Gasteiger partial charge >= 0.3 is 0 Å². The number of nitrogens with one attached hydrogen (secondary N) is 1. The minimum atomic E-state index is 0.140. The fourth-order valence-corrected chi connectivity index (χ4v) is 3.74. The van der Waals surface area contributed by atoms with Gasteiger partial charge in [-0.3, -0.25) is 9.59 Å². The van der Waals surface area contributed by atoms with E-state index in [4.69, 9.17) is 0 Å². The molecule has 20 heavy (non-hydrogen) atoms. The highest BCUT2D eigenvalue weighted by atomic mass is 16.2. The molecule has 3 aliphatic rings. The van der Waals surface area contributed by atoms with Gasteiger partial charge in [-0.05, 0) is 44.1 Å². The predicted octanol–water partition coefficient (Wildman–Crippen LogP) is 0.601. The van der Waals surface area contributed by atoms with Crippen molar-refractivity contribution in [1.29, 1.82) is 0 Å². The van der Waals surface area contributed by atoms with E-state index >= 15 is 0 Å². The molecule has 3 fully saturated rings. The van der Waals surface area contributed by atoms with Crippen molar-refractivity contribution in [2.24, 2.45) is 5.41 Å². The number of rotatable bonds is 2. The Morgan fingerprint density at radius 1 is 1.15 bits per heavy atom. The zero-order valence-corrected chi connectivity index (χ0v) is 12.2. The molecule has 3 saturated heterocycles. The molecule has 0 radical (unpaired) electrons. The van der Waals surface area contributed by atoms with E-state index in [2.05, 4.69) is 5.32 Å². The SMILES string of the molecule is O=C(CN1CCCCC1=O)N1CCC2(CCNC2)CC1. The van der Waals surface area contributed by atoms with E-state index in [0.717, 1.165) is 58.4 Å². The van der Waals surface area contributed by atoms with Crippen molar-refractivity contribution in [3.63, 3.8) is 0 Å². The van der Waals surface area contributed by atoms with Crippen molar-refractivity contribution >= 4 is 11.8 Å². The molecule has 3 rings (SSSR count). The van der Waals surface area contributed by atoms with Gasteiger partial charge in [0.1, 0.15) is 0 Å². The van der Waals surface area contributed by atoms with Crippen LogP contribution in [0.25, 0.3) is 0 Å². The maximum Gasteiger partial charge on any atom is 0.242 e. The Morgan fingerprint density at radius 3 is 2.60 bits per heavy atom. The third-order valence-corrected chi connectivity index (χ3v) is 5.26. The van der Waals surface area contributed by atoms with Crippen molar-refractivity contribution in [3.05, 3.63) is 0 Å². The maximum absolute atomic E-state index is 12.3. The summed E-state index contributed by atoms with van der Waals surface area (Å²) in [5.74, 6) is 0.291. The largest absolute Gasteiger partial charge is 0.341 e. The molecule has 0 aromatic heterocycles. The van der Waals surface area contributed by atoms with Crippen LogP contribution in [-0.2, 0) is 9.59 Å². The molecule has 0 saturated carbocycles. The Morgan fingerprint density at radius 2 is 1.95 bits per heavy atom. The topological polar surface area (TPSA) is 52.7 Å². The second-order valence-corrected chi connectivity index (χ2v) is 6.58. The molecule has 1 N–H and O–H groups in total. The molecule has 5 nitrogen and oxygen atoms in total. The summed E-state index contributed by atoms with van der Waals surface area (Å²) in [6, 6.07) is 0. The standard InChI is InChI=1S/C15H25N3O2/c19-13-3-1-2-8-18(13)11-14(20)17-9-5-15(6-10-17)4-7-16-12-15/h16H,1-12H2. The monoisotopic (exact) mass is 279 g/mol. The minimum absolute atomic E-state index is 0.140. The molecule has 0 aliphatic carbocycles. The Kier molecular flexibility index (Phi) is 3.96. The first-order valence-corrected chi connectivity index (χ1v) is 7.95. The molecule has 112 valence electrons. The number of carbonyl (C=O) groups excluding carboxylic acids is 2. The summed E-state index contributed by atoms with van der Waals surface area (Å²) < 4.78 is 0. The first kappa shape index (κ1) is 13.9. The molecular formula is C15H25N3O2. The molecular weight excluding hydrogens is 254 g/mol. The van der Waals surface area contributed by atoms with Crippen LogP contribution in [0.2, 0.25) is 0 Å². The van der Waals surface area contributed by atoms with Gasteiger partial charge in [-0.1, -0.05) is 0 Å². The van der Waals surface area contributed by atoms with Crippen molar-refractivity contribution in [3.8, 4) is 0 Å². The van der Waals surface area contributed by atoms with Gasteiger partial charge in [0.25, 0.3) is 0 Å². The van der Waals surface area contributed by atoms with Crippen LogP contribution in [0.15, 0.2) is 0 Å². The third-order valence-electron chi connectivity index (χ3n) is 5.26. The number of piperidine rings is 2. The summed E-state index contributed by atoms with van der Waals surface area (Å²) in [7, 11) is 0. The first-order valence-electron chi connectivity index (χ1n) is 7.95. The Bertz CT molecular complexity index is 381. The normalized spacial score (nSPS) is 26.3. The second kappa shape index (κ2) is 5.72. The summed E-state index contributed by atoms with van der Waals surface area (Å²) in [6.45, 7) is 5.01. The Balaban J connectivity index is 1.50. The Labute approximate surface area is 120 Å². The van der Waals surface area contributed by atoms with Gasteiger partial charge in [0.15, 0.2) is 0 Å². The number of likely N-dealkylation sites (tertiary alicyclic amines) is 2. The Hall–Kier alpha value is -1.10. The van der Waals surface area contributed by atoms with Crippen molar-refractivity contribution < 1.29 is 9.59 Å². The zero-order valence-electron chi connectivity index (χ0n) is 12.2. The number of hydrogen-bond donors (Lipinski definition) is 1. The molecule has 0 unspecified atom stereocenters. The van der Waals surface area contributed by atoms with E-state index in [9.17, 15) is 9.59 Å². The van der Waals surface area contributed by atoms with Crippen LogP contribution >= 0.6 is 0 Å². The number of amides is 2. The summed E-state index contributed by atoms with van der Waals surface area (Å²) in [5, 5.41) is 3.44. The lowest BCUT2D eigenvalue weighted by Crippen LogP contribution is -2.49. The van der Waals surface area contributed by atoms with Crippen LogP contribution in [0, 0.1) is 5.41 Å². The van der Waals surface area contributed by atoms with Gasteiger partial charge in [-0.25, -0.2) is 0 Å². The first-order chi connectivity index (χ1) is 9.69. The van der Waals surface area contributed by atoms with Crippen LogP contribution < -0.4 is 5.32 Å². The number of hydrogen-bond acceptors (Lipinski definition) is 3. The summed E-state index contributed by atoms with van der Waals surface area (Å²) in [4.78, 5) is 27.8. The van der Waals surface area contributed by atoms with Crippen molar-refractivity contribution in [1.82, 2.24) is 15.1 Å². The number of nitrogens with zero attached hydrogens (tertiary/aromatic N) is 2. The van der Waals surface area contributed by atoms with Gasteiger partial charge in [0, 0.05) is 32.6 Å². The van der Waals surface area contributed by atoms with E-state index in [0.29, 0.717) is 18.4 Å². The highest BCUT2D eigenvalue weighted by Gasteiger charge is 2.38. The van der Waals surface area contributed by atoms with Gasteiger partial charge < -0.3 is 15.1 Å². The highest BCUT2D eigenvalue weighted by molar-refractivity contribution is 5.85. The van der Waals surface area contributed by atoms with Gasteiger partial charge in [-0.2, -0.15) is 0 Å². The fourth-order valence-electron chi connectivity index (χ4n) is 3.74. The van der Waals surface area contributed by atoms with E-state index in [1.165, 1.54) is 6.42 Å². The fraction of sp³-hybridized carbons (Fsp3) is 0.867. The van der Waals surface area contributed by atoms with Crippen molar-refractivity contribution in [2.75, 3.05) is 39.3 Å². The maximum atomic E-state index is 12.3. The molecule has 0 atom stereocenters. The lowest BCUT2D eigenvalue weighted by molar-refractivity contribution is -0.143. The smallest absolute Gasteiger partial charge is 0.242 e. The van der Waals surface area contributed by atoms with Crippen LogP contribution in [0.3, 0.4) is 0 Å². The van der Waals surface area contributed by atoms with Crippen molar-refractivity contribution in [2.45, 2.75) is 38.5 Å². The van der Waals surface area contributed by atoms with E-state index < -0.39 is 0 Å².